The van der Waals surface area contributed by atoms with Gasteiger partial charge < -0.3 is 11.1 Å². The van der Waals surface area contributed by atoms with Gasteiger partial charge >= 0.3 is 0 Å². The summed E-state index contributed by atoms with van der Waals surface area (Å²) in [6, 6.07) is 0.950. The lowest BCUT2D eigenvalue weighted by Gasteiger charge is -2.39. The largest absolute Gasteiger partial charge is 0.353 e. The van der Waals surface area contributed by atoms with Crippen LogP contribution in [0.1, 0.15) is 39.0 Å². The first-order valence-electron chi connectivity index (χ1n) is 6.94. The molecule has 2 fully saturated rings. The highest BCUT2D eigenvalue weighted by Gasteiger charge is 2.28. The molecule has 1 aliphatic carbocycles. The minimum Gasteiger partial charge on any atom is -0.353 e. The van der Waals surface area contributed by atoms with Crippen LogP contribution in [0.15, 0.2) is 0 Å². The molecule has 1 amide bonds. The van der Waals surface area contributed by atoms with Crippen molar-refractivity contribution in [2.75, 3.05) is 19.6 Å². The molecule has 1 saturated carbocycles. The topological polar surface area (TPSA) is 58.4 Å². The Morgan fingerprint density at radius 2 is 2.18 bits per heavy atom. The quantitative estimate of drug-likeness (QED) is 0.743. The number of rotatable bonds is 5. The molecule has 2 aliphatic rings. The Bertz CT molecular complexity index is 265. The van der Waals surface area contributed by atoms with Gasteiger partial charge in [-0.25, -0.2) is 0 Å². The summed E-state index contributed by atoms with van der Waals surface area (Å²) < 4.78 is 0. The molecular formula is C13H25N3O. The van der Waals surface area contributed by atoms with Gasteiger partial charge in [0, 0.05) is 31.6 Å². The smallest absolute Gasteiger partial charge is 0.221 e. The fourth-order valence-corrected chi connectivity index (χ4v) is 2.77. The lowest BCUT2D eigenvalue weighted by atomic mass is 9.90. The molecular weight excluding hydrogens is 214 g/mol. The maximum atomic E-state index is 11.6. The van der Waals surface area contributed by atoms with Gasteiger partial charge in [0.2, 0.25) is 5.91 Å². The van der Waals surface area contributed by atoms with Crippen LogP contribution in [0.2, 0.25) is 0 Å². The number of nitrogens with two attached hydrogens (primary N) is 1. The number of hydrogen-bond acceptors (Lipinski definition) is 3. The van der Waals surface area contributed by atoms with E-state index in [1.165, 1.54) is 12.8 Å². The summed E-state index contributed by atoms with van der Waals surface area (Å²) in [5.74, 6) is 0.877. The van der Waals surface area contributed by atoms with Gasteiger partial charge in [-0.3, -0.25) is 9.69 Å². The van der Waals surface area contributed by atoms with Gasteiger partial charge in [-0.05, 0) is 38.1 Å². The zero-order valence-corrected chi connectivity index (χ0v) is 10.8. The van der Waals surface area contributed by atoms with Gasteiger partial charge in [-0.2, -0.15) is 0 Å². The van der Waals surface area contributed by atoms with Crippen LogP contribution in [-0.4, -0.2) is 42.5 Å². The highest BCUT2D eigenvalue weighted by Crippen LogP contribution is 2.23. The summed E-state index contributed by atoms with van der Waals surface area (Å²) in [6.07, 6.45) is 5.46. The van der Waals surface area contributed by atoms with Crippen LogP contribution in [-0.2, 0) is 4.79 Å². The second-order valence-corrected chi connectivity index (χ2v) is 5.55. The van der Waals surface area contributed by atoms with Crippen LogP contribution in [0.5, 0.6) is 0 Å². The summed E-state index contributed by atoms with van der Waals surface area (Å²) in [5, 5.41) is 3.04. The molecule has 1 heterocycles. The van der Waals surface area contributed by atoms with Crippen LogP contribution in [0.4, 0.5) is 0 Å². The molecule has 98 valence electrons. The Kier molecular flexibility index (Phi) is 4.40. The third kappa shape index (κ3) is 3.68. The zero-order valence-electron chi connectivity index (χ0n) is 10.8. The first-order chi connectivity index (χ1) is 8.20. The van der Waals surface area contributed by atoms with Gasteiger partial charge in [0.25, 0.3) is 0 Å². The second kappa shape index (κ2) is 5.83. The van der Waals surface area contributed by atoms with Crippen molar-refractivity contribution in [2.45, 2.75) is 51.1 Å². The fourth-order valence-electron chi connectivity index (χ4n) is 2.77. The number of amides is 1. The van der Waals surface area contributed by atoms with E-state index in [9.17, 15) is 4.79 Å². The van der Waals surface area contributed by atoms with Gasteiger partial charge in [0.15, 0.2) is 0 Å². The minimum atomic E-state index is 0.210. The van der Waals surface area contributed by atoms with Crippen LogP contribution in [0.3, 0.4) is 0 Å². The average Bonchev–Trinajstić information content (AvgIpc) is 3.10. The Hall–Kier alpha value is -0.610. The predicted molar refractivity (Wildman–Crippen MR) is 68.6 cm³/mol. The van der Waals surface area contributed by atoms with Crippen LogP contribution >= 0.6 is 0 Å². The lowest BCUT2D eigenvalue weighted by molar-refractivity contribution is -0.121. The Balaban J connectivity index is 1.73. The van der Waals surface area contributed by atoms with E-state index < -0.39 is 0 Å². The molecule has 0 spiro atoms. The summed E-state index contributed by atoms with van der Waals surface area (Å²) in [6.45, 7) is 4.95. The predicted octanol–water partition coefficient (Wildman–Crippen LogP) is 0.714. The van der Waals surface area contributed by atoms with Gasteiger partial charge in [-0.1, -0.05) is 6.92 Å². The van der Waals surface area contributed by atoms with Crippen LogP contribution in [0.25, 0.3) is 0 Å². The maximum absolute atomic E-state index is 11.6. The van der Waals surface area contributed by atoms with Crippen molar-refractivity contribution in [3.8, 4) is 0 Å². The van der Waals surface area contributed by atoms with E-state index in [2.05, 4.69) is 17.1 Å². The average molecular weight is 239 g/mol. The highest BCUT2D eigenvalue weighted by molar-refractivity contribution is 5.76. The Morgan fingerprint density at radius 1 is 1.41 bits per heavy atom. The summed E-state index contributed by atoms with van der Waals surface area (Å²) in [7, 11) is 0. The summed E-state index contributed by atoms with van der Waals surface area (Å²) >= 11 is 0. The van der Waals surface area contributed by atoms with E-state index in [0.29, 0.717) is 31.0 Å². The molecule has 0 bridgehead atoms. The Morgan fingerprint density at radius 3 is 2.82 bits per heavy atom. The molecule has 0 aromatic rings. The molecule has 4 nitrogen and oxygen atoms in total. The maximum Gasteiger partial charge on any atom is 0.221 e. The number of piperidine rings is 1. The van der Waals surface area contributed by atoms with Crippen molar-refractivity contribution in [3.05, 3.63) is 0 Å². The standard InChI is InChI=1S/C13H25N3O/c1-10-3-2-7-16(12(10)9-14)8-6-13(17)15-11-4-5-11/h10-12H,2-9,14H2,1H3,(H,15,17). The van der Waals surface area contributed by atoms with Crippen molar-refractivity contribution in [1.82, 2.24) is 10.2 Å². The van der Waals surface area contributed by atoms with E-state index in [0.717, 1.165) is 25.9 Å². The van der Waals surface area contributed by atoms with Crippen LogP contribution in [0, 0.1) is 5.92 Å². The van der Waals surface area contributed by atoms with Crippen molar-refractivity contribution in [3.63, 3.8) is 0 Å². The first-order valence-corrected chi connectivity index (χ1v) is 6.94. The van der Waals surface area contributed by atoms with E-state index in [1.807, 2.05) is 0 Å². The molecule has 1 aliphatic heterocycles. The van der Waals surface area contributed by atoms with E-state index in [4.69, 9.17) is 5.73 Å². The first kappa shape index (κ1) is 12.8. The van der Waals surface area contributed by atoms with Crippen molar-refractivity contribution in [1.29, 1.82) is 0 Å². The van der Waals surface area contributed by atoms with Gasteiger partial charge in [0.05, 0.1) is 0 Å². The minimum absolute atomic E-state index is 0.210. The SMILES string of the molecule is CC1CCCN(CCC(=O)NC2CC2)C1CN. The molecule has 17 heavy (non-hydrogen) atoms. The highest BCUT2D eigenvalue weighted by atomic mass is 16.1. The number of nitrogens with one attached hydrogen (secondary N) is 1. The molecule has 3 N–H and O–H groups in total. The molecule has 0 aromatic carbocycles. The third-order valence-electron chi connectivity index (χ3n) is 4.04. The summed E-state index contributed by atoms with van der Waals surface area (Å²) in [4.78, 5) is 14.0. The number of likely N-dealkylation sites (tertiary alicyclic amines) is 1. The molecule has 0 radical (unpaired) electrons. The van der Waals surface area contributed by atoms with Gasteiger partial charge in [-0.15, -0.1) is 0 Å². The Labute approximate surface area is 104 Å². The monoisotopic (exact) mass is 239 g/mol. The summed E-state index contributed by atoms with van der Waals surface area (Å²) in [5.41, 5.74) is 5.84. The molecule has 1 saturated heterocycles. The second-order valence-electron chi connectivity index (χ2n) is 5.55. The molecule has 4 heteroatoms. The molecule has 2 rings (SSSR count). The van der Waals surface area contributed by atoms with Crippen molar-refractivity contribution >= 4 is 5.91 Å². The van der Waals surface area contributed by atoms with Gasteiger partial charge in [0.1, 0.15) is 0 Å². The third-order valence-corrected chi connectivity index (χ3v) is 4.04. The number of hydrogen-bond donors (Lipinski definition) is 2. The normalized spacial score (nSPS) is 30.2. The van der Waals surface area contributed by atoms with Crippen molar-refractivity contribution < 1.29 is 4.79 Å². The number of carbonyl (C=O) groups excluding carboxylic acids is 1. The number of carbonyl (C=O) groups is 1. The van der Waals surface area contributed by atoms with E-state index in [-0.39, 0.29) is 5.91 Å². The van der Waals surface area contributed by atoms with E-state index >= 15 is 0 Å². The fraction of sp³-hybridized carbons (Fsp3) is 0.923. The van der Waals surface area contributed by atoms with E-state index in [1.54, 1.807) is 0 Å². The molecule has 2 unspecified atom stereocenters. The lowest BCUT2D eigenvalue weighted by Crippen LogP contribution is -2.49. The number of nitrogens with zero attached hydrogens (tertiary/aromatic N) is 1. The molecule has 0 aromatic heterocycles. The molecule has 2 atom stereocenters. The van der Waals surface area contributed by atoms with Crippen LogP contribution < -0.4 is 11.1 Å². The van der Waals surface area contributed by atoms with Crippen molar-refractivity contribution in [2.24, 2.45) is 11.7 Å². The zero-order chi connectivity index (χ0) is 12.3.